The molecule has 0 aliphatic carbocycles. The topological polar surface area (TPSA) is 6.48 Å². The van der Waals surface area contributed by atoms with E-state index in [0.29, 0.717) is 0 Å². The van der Waals surface area contributed by atoms with Gasteiger partial charge in [-0.2, -0.15) is 0 Å². The first-order valence-corrected chi connectivity index (χ1v) is 7.56. The first-order valence-electron chi connectivity index (χ1n) is 8.64. The normalized spacial score (nSPS) is 28.0. The van der Waals surface area contributed by atoms with E-state index in [2.05, 4.69) is 13.0 Å². The molecule has 0 N–H and O–H groups in total. The Morgan fingerprint density at radius 1 is 1.05 bits per heavy atom. The van der Waals surface area contributed by atoms with Gasteiger partial charge in [0.15, 0.2) is 0 Å². The SMILES string of the molecule is [2H]C1N(c2ccccc2C)C(C)=C2C=CC([2H])(c3ccccc3)N21. The Morgan fingerprint density at radius 2 is 1.77 bits per heavy atom. The van der Waals surface area contributed by atoms with Gasteiger partial charge in [0, 0.05) is 11.4 Å². The fraction of sp³-hybridized carbons (Fsp3) is 0.200. The molecule has 2 aromatic rings. The Hall–Kier alpha value is -2.48. The van der Waals surface area contributed by atoms with Crippen molar-refractivity contribution in [1.29, 1.82) is 0 Å². The predicted octanol–water partition coefficient (Wildman–Crippen LogP) is 4.62. The van der Waals surface area contributed by atoms with Crippen LogP contribution in [0, 0.1) is 6.92 Å². The number of fused-ring (bicyclic) bond motifs is 1. The lowest BCUT2D eigenvalue weighted by Gasteiger charge is -2.28. The quantitative estimate of drug-likeness (QED) is 0.796. The second-order valence-corrected chi connectivity index (χ2v) is 5.70. The molecule has 0 spiro atoms. The fourth-order valence-corrected chi connectivity index (χ4v) is 3.11. The number of hydrogen-bond donors (Lipinski definition) is 0. The third-order valence-corrected chi connectivity index (χ3v) is 4.33. The standard InChI is InChI=1S/C20H20N2/c1-15-8-6-7-11-18(15)21-14-22-19(16(21)2)12-13-20(22)17-9-4-3-5-10-17/h3-13,20H,14H2,1-2H3/i14D,20D. The van der Waals surface area contributed by atoms with Crippen LogP contribution in [-0.2, 0) is 0 Å². The molecule has 2 aliphatic rings. The highest BCUT2D eigenvalue weighted by atomic mass is 15.4. The van der Waals surface area contributed by atoms with Crippen molar-refractivity contribution in [2.24, 2.45) is 0 Å². The predicted molar refractivity (Wildman–Crippen MR) is 91.4 cm³/mol. The molecule has 2 aromatic carbocycles. The van der Waals surface area contributed by atoms with Gasteiger partial charge in [0.25, 0.3) is 0 Å². The highest BCUT2D eigenvalue weighted by molar-refractivity contribution is 5.61. The van der Waals surface area contributed by atoms with Crippen LogP contribution in [0.15, 0.2) is 78.1 Å². The molecule has 2 aliphatic heterocycles. The third kappa shape index (κ3) is 1.95. The molecule has 2 unspecified atom stereocenters. The van der Waals surface area contributed by atoms with Gasteiger partial charge in [0.2, 0.25) is 0 Å². The molecule has 0 aromatic heterocycles. The Bertz CT molecular complexity index is 844. The van der Waals surface area contributed by atoms with Gasteiger partial charge in [0.1, 0.15) is 0 Å². The van der Waals surface area contributed by atoms with Crippen molar-refractivity contribution in [3.8, 4) is 0 Å². The molecule has 2 heterocycles. The van der Waals surface area contributed by atoms with Crippen LogP contribution in [0.5, 0.6) is 0 Å². The molecule has 0 amide bonds. The highest BCUT2D eigenvalue weighted by Crippen LogP contribution is 2.41. The summed E-state index contributed by atoms with van der Waals surface area (Å²) in [6.07, 6.45) is 3.87. The smallest absolute Gasteiger partial charge is 0.0958 e. The van der Waals surface area contributed by atoms with E-state index >= 15 is 0 Å². The maximum absolute atomic E-state index is 9.03. The van der Waals surface area contributed by atoms with E-state index in [9.17, 15) is 0 Å². The molecule has 0 bridgehead atoms. The van der Waals surface area contributed by atoms with Gasteiger partial charge in [-0.1, -0.05) is 54.6 Å². The molecule has 0 fully saturated rings. The van der Waals surface area contributed by atoms with Gasteiger partial charge in [-0.05, 0) is 37.1 Å². The average Bonchev–Trinajstić information content (AvgIpc) is 3.07. The molecule has 4 rings (SSSR count). The molecule has 2 atom stereocenters. The zero-order valence-corrected chi connectivity index (χ0v) is 12.8. The average molecular weight is 290 g/mol. The van der Waals surface area contributed by atoms with Crippen LogP contribution in [0.2, 0.25) is 0 Å². The number of rotatable bonds is 2. The number of allylic oxidation sites excluding steroid dienone is 2. The molecule has 2 nitrogen and oxygen atoms in total. The fourth-order valence-electron chi connectivity index (χ4n) is 3.11. The Balaban J connectivity index is 1.81. The largest absolute Gasteiger partial charge is 0.341 e. The van der Waals surface area contributed by atoms with Crippen LogP contribution in [-0.4, -0.2) is 11.5 Å². The van der Waals surface area contributed by atoms with E-state index in [-0.39, 0.29) is 0 Å². The molecule has 22 heavy (non-hydrogen) atoms. The van der Waals surface area contributed by atoms with E-state index < -0.39 is 12.7 Å². The van der Waals surface area contributed by atoms with Gasteiger partial charge in [-0.3, -0.25) is 0 Å². The number of benzene rings is 2. The number of anilines is 1. The third-order valence-electron chi connectivity index (χ3n) is 4.33. The van der Waals surface area contributed by atoms with E-state index in [1.165, 1.54) is 0 Å². The summed E-state index contributed by atoms with van der Waals surface area (Å²) in [7, 11) is 0. The van der Waals surface area contributed by atoms with Crippen LogP contribution in [0.3, 0.4) is 0 Å². The van der Waals surface area contributed by atoms with Crippen LogP contribution in [0.25, 0.3) is 0 Å². The lowest BCUT2D eigenvalue weighted by atomic mass is 10.1. The second kappa shape index (κ2) is 5.06. The molecule has 0 radical (unpaired) electrons. The van der Waals surface area contributed by atoms with Crippen LogP contribution >= 0.6 is 0 Å². The minimum absolute atomic E-state index is 0.659. The van der Waals surface area contributed by atoms with Crippen molar-refractivity contribution in [2.75, 3.05) is 11.5 Å². The van der Waals surface area contributed by atoms with Crippen LogP contribution < -0.4 is 4.90 Å². The zero-order valence-electron chi connectivity index (χ0n) is 14.8. The van der Waals surface area contributed by atoms with E-state index in [4.69, 9.17) is 2.74 Å². The second-order valence-electron chi connectivity index (χ2n) is 5.70. The van der Waals surface area contributed by atoms with Gasteiger partial charge in [0.05, 0.1) is 21.1 Å². The summed E-state index contributed by atoms with van der Waals surface area (Å²) in [5.74, 6) is 0. The Labute approximate surface area is 134 Å². The van der Waals surface area contributed by atoms with Gasteiger partial charge < -0.3 is 9.80 Å². The molecule has 0 saturated heterocycles. The summed E-state index contributed by atoms with van der Waals surface area (Å²) in [5, 5.41) is 0. The van der Waals surface area contributed by atoms with Crippen molar-refractivity contribution in [3.63, 3.8) is 0 Å². The summed E-state index contributed by atoms with van der Waals surface area (Å²) in [4.78, 5) is 3.89. The van der Waals surface area contributed by atoms with E-state index in [1.807, 2.05) is 77.4 Å². The Kier molecular flexibility index (Phi) is 2.56. The van der Waals surface area contributed by atoms with Crippen molar-refractivity contribution < 1.29 is 2.74 Å². The van der Waals surface area contributed by atoms with Crippen molar-refractivity contribution in [2.45, 2.75) is 19.9 Å². The maximum atomic E-state index is 9.03. The van der Waals surface area contributed by atoms with E-state index in [1.54, 1.807) is 0 Å². The molecular formula is C20H20N2. The lowest BCUT2D eigenvalue weighted by Crippen LogP contribution is -2.28. The number of hydrogen-bond acceptors (Lipinski definition) is 2. The first kappa shape index (κ1) is 11.1. The zero-order chi connectivity index (χ0) is 16.9. The van der Waals surface area contributed by atoms with Crippen LogP contribution in [0.4, 0.5) is 5.69 Å². The molecule has 0 saturated carbocycles. The minimum Gasteiger partial charge on any atom is -0.341 e. The molecular weight excluding hydrogens is 268 g/mol. The van der Waals surface area contributed by atoms with Crippen molar-refractivity contribution in [1.82, 2.24) is 4.90 Å². The lowest BCUT2D eigenvalue weighted by molar-refractivity contribution is 0.350. The minimum atomic E-state index is -1.04. The summed E-state index contributed by atoms with van der Waals surface area (Å²) in [6, 6.07) is 16.8. The summed E-state index contributed by atoms with van der Waals surface area (Å²) in [5.41, 5.74) is 5.02. The number of nitrogens with zero attached hydrogens (tertiary/aromatic N) is 2. The molecule has 110 valence electrons. The van der Waals surface area contributed by atoms with Crippen molar-refractivity contribution >= 4 is 5.69 Å². The Morgan fingerprint density at radius 3 is 2.55 bits per heavy atom. The summed E-state index contributed by atoms with van der Waals surface area (Å²) < 4.78 is 17.9. The van der Waals surface area contributed by atoms with Gasteiger partial charge in [-0.15, -0.1) is 0 Å². The monoisotopic (exact) mass is 290 g/mol. The van der Waals surface area contributed by atoms with Gasteiger partial charge >= 0.3 is 0 Å². The van der Waals surface area contributed by atoms with Gasteiger partial charge in [-0.25, -0.2) is 0 Å². The molecule has 2 heteroatoms. The highest BCUT2D eigenvalue weighted by Gasteiger charge is 2.34. The van der Waals surface area contributed by atoms with Crippen molar-refractivity contribution in [3.05, 3.63) is 89.3 Å². The first-order chi connectivity index (χ1) is 11.5. The number of aryl methyl sites for hydroxylation is 1. The summed E-state index contributed by atoms with van der Waals surface area (Å²) >= 11 is 0. The van der Waals surface area contributed by atoms with E-state index in [0.717, 1.165) is 28.2 Å². The summed E-state index contributed by atoms with van der Waals surface area (Å²) in [6.45, 7) is 3.43. The maximum Gasteiger partial charge on any atom is 0.0958 e. The van der Waals surface area contributed by atoms with Crippen LogP contribution in [0.1, 0.15) is 26.8 Å². The number of para-hydroxylation sites is 1.